The summed E-state index contributed by atoms with van der Waals surface area (Å²) in [5.74, 6) is -0.272. The molecule has 1 N–H and O–H groups in total. The topological polar surface area (TPSA) is 97.4 Å². The lowest BCUT2D eigenvalue weighted by molar-refractivity contribution is 0.0600. The number of rotatable bonds is 5. The molecule has 0 aliphatic heterocycles. The third kappa shape index (κ3) is 3.81. The zero-order chi connectivity index (χ0) is 22.1. The number of fused-ring (bicyclic) bond motifs is 1. The van der Waals surface area contributed by atoms with Crippen molar-refractivity contribution < 1.29 is 19.4 Å². The van der Waals surface area contributed by atoms with E-state index in [1.807, 2.05) is 0 Å². The van der Waals surface area contributed by atoms with Crippen LogP contribution in [0.2, 0.25) is 5.02 Å². The SMILES string of the molecule is COC(=O)c1sc(-n2cnc3ccc(C#N)cc32)cc1O[C@H](C)c1cccc(O)c1Cl. The van der Waals surface area contributed by atoms with Crippen molar-refractivity contribution in [2.75, 3.05) is 7.11 Å². The highest BCUT2D eigenvalue weighted by molar-refractivity contribution is 7.16. The average molecular weight is 454 g/mol. The molecule has 0 aliphatic carbocycles. The van der Waals surface area contributed by atoms with Gasteiger partial charge in [-0.25, -0.2) is 9.78 Å². The van der Waals surface area contributed by atoms with Crippen LogP contribution in [0.4, 0.5) is 0 Å². The number of benzene rings is 2. The number of halogens is 1. The van der Waals surface area contributed by atoms with E-state index >= 15 is 0 Å². The molecule has 7 nitrogen and oxygen atoms in total. The fourth-order valence-electron chi connectivity index (χ4n) is 3.16. The van der Waals surface area contributed by atoms with Crippen molar-refractivity contribution >= 4 is 39.9 Å². The van der Waals surface area contributed by atoms with Gasteiger partial charge >= 0.3 is 5.97 Å². The maximum absolute atomic E-state index is 12.4. The van der Waals surface area contributed by atoms with Crippen LogP contribution in [0, 0.1) is 11.3 Å². The van der Waals surface area contributed by atoms with Crippen LogP contribution < -0.4 is 4.74 Å². The minimum Gasteiger partial charge on any atom is -0.506 e. The maximum atomic E-state index is 12.4. The lowest BCUT2D eigenvalue weighted by atomic mass is 10.1. The zero-order valence-corrected chi connectivity index (χ0v) is 18.1. The van der Waals surface area contributed by atoms with E-state index in [0.717, 1.165) is 11.0 Å². The summed E-state index contributed by atoms with van der Waals surface area (Å²) in [6, 6.07) is 13.9. The van der Waals surface area contributed by atoms with Gasteiger partial charge in [0, 0.05) is 11.6 Å². The summed E-state index contributed by atoms with van der Waals surface area (Å²) < 4.78 is 12.8. The summed E-state index contributed by atoms with van der Waals surface area (Å²) in [5, 5.41) is 19.9. The molecular formula is C22H16ClN3O4S. The number of hydrogen-bond donors (Lipinski definition) is 1. The number of nitrogens with zero attached hydrogens (tertiary/aromatic N) is 3. The lowest BCUT2D eigenvalue weighted by Crippen LogP contribution is -2.07. The Kier molecular flexibility index (Phi) is 5.55. The minimum atomic E-state index is -0.546. The van der Waals surface area contributed by atoms with E-state index in [2.05, 4.69) is 11.1 Å². The van der Waals surface area contributed by atoms with E-state index in [4.69, 9.17) is 21.1 Å². The largest absolute Gasteiger partial charge is 0.506 e. The smallest absolute Gasteiger partial charge is 0.351 e. The number of carbonyl (C=O) groups excluding carboxylic acids is 1. The monoisotopic (exact) mass is 453 g/mol. The number of phenolic OH excluding ortho intramolecular Hbond substituents is 1. The molecule has 0 aliphatic rings. The number of aromatic hydroxyl groups is 1. The predicted octanol–water partition coefficient (Wildman–Crippen LogP) is 5.24. The number of imidazole rings is 1. The van der Waals surface area contributed by atoms with Gasteiger partial charge in [0.25, 0.3) is 0 Å². The Balaban J connectivity index is 1.77. The Labute approximate surface area is 186 Å². The van der Waals surface area contributed by atoms with E-state index in [1.165, 1.54) is 24.5 Å². The Morgan fingerprint density at radius 1 is 1.32 bits per heavy atom. The molecule has 156 valence electrons. The Hall–Kier alpha value is -3.54. The predicted molar refractivity (Wildman–Crippen MR) is 117 cm³/mol. The number of nitriles is 1. The number of thiophene rings is 1. The van der Waals surface area contributed by atoms with Crippen LogP contribution in [0.25, 0.3) is 16.0 Å². The normalized spacial score (nSPS) is 11.8. The second kappa shape index (κ2) is 8.30. The van der Waals surface area contributed by atoms with E-state index in [1.54, 1.807) is 54.2 Å². The van der Waals surface area contributed by atoms with E-state index in [0.29, 0.717) is 21.9 Å². The highest BCUT2D eigenvalue weighted by Gasteiger charge is 2.23. The number of hydrogen-bond acceptors (Lipinski definition) is 7. The van der Waals surface area contributed by atoms with Crippen LogP contribution in [-0.4, -0.2) is 27.7 Å². The van der Waals surface area contributed by atoms with Crippen LogP contribution in [0.15, 0.2) is 48.8 Å². The molecule has 0 saturated carbocycles. The molecule has 0 spiro atoms. The molecule has 4 aromatic rings. The van der Waals surface area contributed by atoms with Crippen molar-refractivity contribution in [3.8, 4) is 22.6 Å². The standard InChI is InChI=1S/C22H16ClN3O4S/c1-12(14-4-3-5-17(27)20(14)23)30-18-9-19(31-21(18)22(28)29-2)26-11-25-15-7-6-13(10-24)8-16(15)26/h3-9,11-12,27H,1-2H3/t12-/m1/s1. The van der Waals surface area contributed by atoms with Gasteiger partial charge < -0.3 is 14.6 Å². The molecule has 9 heteroatoms. The van der Waals surface area contributed by atoms with Crippen molar-refractivity contribution in [2.24, 2.45) is 0 Å². The Bertz CT molecular complexity index is 1340. The van der Waals surface area contributed by atoms with Gasteiger partial charge in [-0.05, 0) is 31.2 Å². The molecule has 0 fully saturated rings. The highest BCUT2D eigenvalue weighted by atomic mass is 35.5. The molecule has 0 radical (unpaired) electrons. The summed E-state index contributed by atoms with van der Waals surface area (Å²) in [6.07, 6.45) is 1.08. The molecule has 1 atom stereocenters. The van der Waals surface area contributed by atoms with Crippen molar-refractivity contribution in [2.45, 2.75) is 13.0 Å². The van der Waals surface area contributed by atoms with Gasteiger partial charge in [0.15, 0.2) is 4.88 Å². The first-order valence-corrected chi connectivity index (χ1v) is 10.4. The second-order valence-corrected chi connectivity index (χ2v) is 8.05. The summed E-state index contributed by atoms with van der Waals surface area (Å²) in [4.78, 5) is 17.0. The number of ether oxygens (including phenoxy) is 2. The van der Waals surface area contributed by atoms with Gasteiger partial charge in [0.05, 0.1) is 34.8 Å². The van der Waals surface area contributed by atoms with E-state index in [9.17, 15) is 15.2 Å². The molecule has 2 aromatic heterocycles. The van der Waals surface area contributed by atoms with Crippen LogP contribution in [0.3, 0.4) is 0 Å². The Morgan fingerprint density at radius 3 is 2.87 bits per heavy atom. The molecule has 2 heterocycles. The van der Waals surface area contributed by atoms with Crippen molar-refractivity contribution in [3.05, 3.63) is 69.8 Å². The first kappa shape index (κ1) is 20.7. The minimum absolute atomic E-state index is 0.0491. The van der Waals surface area contributed by atoms with Crippen LogP contribution in [0.1, 0.15) is 33.8 Å². The second-order valence-electron chi connectivity index (χ2n) is 6.64. The number of methoxy groups -OCH3 is 1. The fraction of sp³-hybridized carbons (Fsp3) is 0.136. The Morgan fingerprint density at radius 2 is 2.13 bits per heavy atom. The van der Waals surface area contributed by atoms with Gasteiger partial charge in [-0.2, -0.15) is 5.26 Å². The van der Waals surface area contributed by atoms with E-state index in [-0.39, 0.29) is 15.6 Å². The molecule has 4 rings (SSSR count). The van der Waals surface area contributed by atoms with E-state index < -0.39 is 12.1 Å². The molecule has 0 unspecified atom stereocenters. The highest BCUT2D eigenvalue weighted by Crippen LogP contribution is 2.39. The third-order valence-corrected chi connectivity index (χ3v) is 6.23. The summed E-state index contributed by atoms with van der Waals surface area (Å²) in [5.41, 5.74) is 2.53. The number of esters is 1. The average Bonchev–Trinajstić information content (AvgIpc) is 3.38. The molecule has 0 amide bonds. The van der Waals surface area contributed by atoms with Gasteiger partial charge in [-0.15, -0.1) is 11.3 Å². The molecule has 31 heavy (non-hydrogen) atoms. The molecular weight excluding hydrogens is 438 g/mol. The lowest BCUT2D eigenvalue weighted by Gasteiger charge is -2.16. The van der Waals surface area contributed by atoms with Crippen LogP contribution >= 0.6 is 22.9 Å². The van der Waals surface area contributed by atoms with Crippen molar-refractivity contribution in [1.82, 2.24) is 9.55 Å². The quantitative estimate of drug-likeness (QED) is 0.415. The first-order chi connectivity index (χ1) is 14.9. The molecule has 0 saturated heterocycles. The fourth-order valence-corrected chi connectivity index (χ4v) is 4.43. The molecule has 0 bridgehead atoms. The van der Waals surface area contributed by atoms with Gasteiger partial charge in [-0.1, -0.05) is 23.7 Å². The third-order valence-electron chi connectivity index (χ3n) is 4.72. The van der Waals surface area contributed by atoms with Crippen LogP contribution in [-0.2, 0) is 4.74 Å². The zero-order valence-electron chi connectivity index (χ0n) is 16.5. The summed E-state index contributed by atoms with van der Waals surface area (Å²) in [6.45, 7) is 1.77. The van der Waals surface area contributed by atoms with Gasteiger partial charge in [0.2, 0.25) is 0 Å². The summed E-state index contributed by atoms with van der Waals surface area (Å²) in [7, 11) is 1.30. The van der Waals surface area contributed by atoms with Crippen molar-refractivity contribution in [1.29, 1.82) is 5.26 Å². The molecule has 2 aromatic carbocycles. The maximum Gasteiger partial charge on any atom is 0.351 e. The number of carbonyl (C=O) groups is 1. The first-order valence-electron chi connectivity index (χ1n) is 9.16. The van der Waals surface area contributed by atoms with Crippen molar-refractivity contribution in [3.63, 3.8) is 0 Å². The number of aromatic nitrogens is 2. The van der Waals surface area contributed by atoms with Crippen LogP contribution in [0.5, 0.6) is 11.5 Å². The summed E-state index contributed by atoms with van der Waals surface area (Å²) >= 11 is 7.39. The van der Waals surface area contributed by atoms with Gasteiger partial charge in [-0.3, -0.25) is 4.57 Å². The van der Waals surface area contributed by atoms with Gasteiger partial charge in [0.1, 0.15) is 28.9 Å². The number of phenols is 1.